The molecule has 1 N–H and O–H groups in total. The van der Waals surface area contributed by atoms with Gasteiger partial charge >= 0.3 is 0 Å². The van der Waals surface area contributed by atoms with Crippen molar-refractivity contribution in [3.05, 3.63) is 82.3 Å². The van der Waals surface area contributed by atoms with Gasteiger partial charge in [0.2, 0.25) is 0 Å². The minimum atomic E-state index is 0.368. The van der Waals surface area contributed by atoms with E-state index in [1.165, 1.54) is 0 Å². The maximum Gasteiger partial charge on any atom is 0.138 e. The number of pyridine rings is 2. The van der Waals surface area contributed by atoms with Gasteiger partial charge < -0.3 is 14.8 Å². The number of nitrogens with one attached hydrogen (secondary N) is 1. The summed E-state index contributed by atoms with van der Waals surface area (Å²) in [7, 11) is 0. The highest BCUT2D eigenvalue weighted by atomic mass is 35.5. The van der Waals surface area contributed by atoms with Crippen LogP contribution < -0.4 is 14.8 Å². The number of halogens is 1. The van der Waals surface area contributed by atoms with E-state index < -0.39 is 0 Å². The monoisotopic (exact) mass is 486 g/mol. The van der Waals surface area contributed by atoms with Crippen molar-refractivity contribution in [2.24, 2.45) is 0 Å². The number of hydrogen-bond acceptors (Lipinski definition) is 6. The van der Waals surface area contributed by atoms with Crippen molar-refractivity contribution < 1.29 is 9.47 Å². The summed E-state index contributed by atoms with van der Waals surface area (Å²) in [5.74, 6) is 1.69. The highest BCUT2D eigenvalue weighted by Gasteiger charge is 2.15. The largest absolute Gasteiger partial charge is 0.494 e. The fourth-order valence-electron chi connectivity index (χ4n) is 3.75. The molecule has 2 aromatic carbocycles. The van der Waals surface area contributed by atoms with Crippen molar-refractivity contribution in [3.8, 4) is 17.6 Å². The summed E-state index contributed by atoms with van der Waals surface area (Å²) in [6.45, 7) is 8.92. The molecule has 4 aromatic rings. The van der Waals surface area contributed by atoms with Crippen LogP contribution in [0.4, 0.5) is 11.4 Å². The number of benzene rings is 2. The predicted octanol–water partition coefficient (Wildman–Crippen LogP) is 7.31. The fraction of sp³-hybridized carbons (Fsp3) is 0.250. The molecule has 0 unspecified atom stereocenters. The Morgan fingerprint density at radius 2 is 1.91 bits per heavy atom. The number of nitriles is 1. The van der Waals surface area contributed by atoms with Gasteiger partial charge in [-0.25, -0.2) is 0 Å². The first-order valence-electron chi connectivity index (χ1n) is 11.5. The molecule has 7 heteroatoms. The molecule has 0 amide bonds. The van der Waals surface area contributed by atoms with Gasteiger partial charge in [0.1, 0.15) is 24.2 Å². The molecule has 0 saturated heterocycles. The summed E-state index contributed by atoms with van der Waals surface area (Å²) < 4.78 is 11.5. The van der Waals surface area contributed by atoms with Crippen molar-refractivity contribution in [1.29, 1.82) is 5.26 Å². The highest BCUT2D eigenvalue weighted by molar-refractivity contribution is 6.32. The standard InChI is InChI=1S/C28H27ClN4O2/c1-5-34-21-8-9-22-26(13-21)32-18(4)23(14-30)28(22)33-20-7-11-27(24(29)12-20)35-16-19-6-10-25(17(2)3)31-15-19/h6-13,15,17H,5,16H2,1-4H3,(H,32,33). The summed E-state index contributed by atoms with van der Waals surface area (Å²) in [6.07, 6.45) is 1.83. The van der Waals surface area contributed by atoms with Gasteiger partial charge in [0.05, 0.1) is 34.1 Å². The smallest absolute Gasteiger partial charge is 0.138 e. The number of nitrogens with zero attached hydrogens (tertiary/aromatic N) is 3. The Bertz CT molecular complexity index is 1400. The quantitative estimate of drug-likeness (QED) is 0.281. The van der Waals surface area contributed by atoms with Gasteiger partial charge in [-0.3, -0.25) is 9.97 Å². The van der Waals surface area contributed by atoms with Gasteiger partial charge in [0.25, 0.3) is 0 Å². The first-order chi connectivity index (χ1) is 16.9. The van der Waals surface area contributed by atoms with Gasteiger partial charge in [0.15, 0.2) is 0 Å². The number of aromatic nitrogens is 2. The Morgan fingerprint density at radius 1 is 1.09 bits per heavy atom. The van der Waals surface area contributed by atoms with Gasteiger partial charge in [0, 0.05) is 34.6 Å². The molecule has 6 nitrogen and oxygen atoms in total. The van der Waals surface area contributed by atoms with Crippen LogP contribution in [0.3, 0.4) is 0 Å². The Hall–Kier alpha value is -3.82. The predicted molar refractivity (Wildman–Crippen MR) is 140 cm³/mol. The summed E-state index contributed by atoms with van der Waals surface area (Å²) in [6, 6.07) is 17.4. The second-order valence-electron chi connectivity index (χ2n) is 8.48. The van der Waals surface area contributed by atoms with Gasteiger partial charge in [-0.1, -0.05) is 31.5 Å². The molecule has 2 heterocycles. The molecule has 0 aliphatic rings. The zero-order valence-electron chi connectivity index (χ0n) is 20.2. The van der Waals surface area contributed by atoms with E-state index in [4.69, 9.17) is 21.1 Å². The first kappa shape index (κ1) is 24.3. The Labute approximate surface area is 210 Å². The van der Waals surface area contributed by atoms with Crippen LogP contribution in [0.1, 0.15) is 49.2 Å². The van der Waals surface area contributed by atoms with Crippen LogP contribution in [0.25, 0.3) is 10.9 Å². The van der Waals surface area contributed by atoms with Crippen LogP contribution in [0.2, 0.25) is 5.02 Å². The zero-order chi connectivity index (χ0) is 24.9. The van der Waals surface area contributed by atoms with Crippen LogP contribution in [0, 0.1) is 18.3 Å². The first-order valence-corrected chi connectivity index (χ1v) is 11.9. The molecular weight excluding hydrogens is 460 g/mol. The van der Waals surface area contributed by atoms with Gasteiger partial charge in [-0.05, 0) is 56.2 Å². The Morgan fingerprint density at radius 3 is 2.57 bits per heavy atom. The molecule has 0 aliphatic carbocycles. The SMILES string of the molecule is CCOc1ccc2c(Nc3ccc(OCc4ccc(C(C)C)nc4)c(Cl)c3)c(C#N)c(C)nc2c1. The lowest BCUT2D eigenvalue weighted by atomic mass is 10.1. The van der Waals surface area contributed by atoms with Crippen LogP contribution >= 0.6 is 11.6 Å². The third kappa shape index (κ3) is 5.47. The average molecular weight is 487 g/mol. The van der Waals surface area contributed by atoms with E-state index in [0.717, 1.165) is 33.6 Å². The molecule has 0 spiro atoms. The number of anilines is 2. The number of hydrogen-bond donors (Lipinski definition) is 1. The van der Waals surface area contributed by atoms with E-state index in [-0.39, 0.29) is 0 Å². The van der Waals surface area contributed by atoms with E-state index in [1.54, 1.807) is 6.07 Å². The van der Waals surface area contributed by atoms with Crippen LogP contribution in [0.5, 0.6) is 11.5 Å². The molecule has 178 valence electrons. The lowest BCUT2D eigenvalue weighted by molar-refractivity contribution is 0.306. The third-order valence-corrected chi connectivity index (χ3v) is 5.89. The zero-order valence-corrected chi connectivity index (χ0v) is 21.0. The van der Waals surface area contributed by atoms with Crippen molar-refractivity contribution in [2.45, 2.75) is 40.2 Å². The summed E-state index contributed by atoms with van der Waals surface area (Å²) in [5.41, 5.74) is 5.30. The number of ether oxygens (including phenoxy) is 2. The second kappa shape index (κ2) is 10.6. The van der Waals surface area contributed by atoms with Crippen LogP contribution in [-0.4, -0.2) is 16.6 Å². The lowest BCUT2D eigenvalue weighted by Gasteiger charge is -2.15. The molecule has 0 atom stereocenters. The maximum absolute atomic E-state index is 9.79. The minimum absolute atomic E-state index is 0.368. The molecule has 4 rings (SSSR count). The van der Waals surface area contributed by atoms with Gasteiger partial charge in [-0.2, -0.15) is 5.26 Å². The maximum atomic E-state index is 9.79. The molecule has 0 bridgehead atoms. The van der Waals surface area contributed by atoms with Crippen molar-refractivity contribution >= 4 is 33.9 Å². The minimum Gasteiger partial charge on any atom is -0.494 e. The third-order valence-electron chi connectivity index (χ3n) is 5.60. The normalized spacial score (nSPS) is 10.9. The Kier molecular flexibility index (Phi) is 7.38. The van der Waals surface area contributed by atoms with Crippen LogP contribution in [0.15, 0.2) is 54.7 Å². The Balaban J connectivity index is 1.57. The van der Waals surface area contributed by atoms with Crippen molar-refractivity contribution in [1.82, 2.24) is 9.97 Å². The fourth-order valence-corrected chi connectivity index (χ4v) is 3.99. The topological polar surface area (TPSA) is 80.1 Å². The molecule has 0 fully saturated rings. The molecule has 35 heavy (non-hydrogen) atoms. The summed E-state index contributed by atoms with van der Waals surface area (Å²) >= 11 is 6.53. The molecule has 0 radical (unpaired) electrons. The second-order valence-corrected chi connectivity index (χ2v) is 8.88. The average Bonchev–Trinajstić information content (AvgIpc) is 2.84. The molecule has 0 saturated carbocycles. The van der Waals surface area contributed by atoms with E-state index in [2.05, 4.69) is 35.2 Å². The van der Waals surface area contributed by atoms with E-state index >= 15 is 0 Å². The van der Waals surface area contributed by atoms with E-state index in [0.29, 0.717) is 46.8 Å². The van der Waals surface area contributed by atoms with Crippen molar-refractivity contribution in [2.75, 3.05) is 11.9 Å². The number of fused-ring (bicyclic) bond motifs is 1. The van der Waals surface area contributed by atoms with Crippen molar-refractivity contribution in [3.63, 3.8) is 0 Å². The van der Waals surface area contributed by atoms with Crippen LogP contribution in [-0.2, 0) is 6.61 Å². The molecule has 2 aromatic heterocycles. The highest BCUT2D eigenvalue weighted by Crippen LogP contribution is 2.35. The lowest BCUT2D eigenvalue weighted by Crippen LogP contribution is -2.01. The summed E-state index contributed by atoms with van der Waals surface area (Å²) in [5, 5.41) is 14.4. The number of rotatable bonds is 8. The van der Waals surface area contributed by atoms with Gasteiger partial charge in [-0.15, -0.1) is 0 Å². The summed E-state index contributed by atoms with van der Waals surface area (Å²) in [4.78, 5) is 9.07. The molecular formula is C28H27ClN4O2. The van der Waals surface area contributed by atoms with E-state index in [1.807, 2.05) is 62.5 Å². The van der Waals surface area contributed by atoms with E-state index in [9.17, 15) is 5.26 Å². The molecule has 0 aliphatic heterocycles. The number of aryl methyl sites for hydroxylation is 1.